The molecular formula is C19H22N4O2. The summed E-state index contributed by atoms with van der Waals surface area (Å²) in [5, 5.41) is 2.94. The van der Waals surface area contributed by atoms with Crippen LogP contribution in [-0.2, 0) is 6.42 Å². The van der Waals surface area contributed by atoms with E-state index >= 15 is 0 Å². The van der Waals surface area contributed by atoms with Crippen molar-refractivity contribution in [1.29, 1.82) is 0 Å². The lowest BCUT2D eigenvalue weighted by molar-refractivity contribution is 0.0951. The molecule has 25 heavy (non-hydrogen) atoms. The summed E-state index contributed by atoms with van der Waals surface area (Å²) in [6.07, 6.45) is 2.41. The highest BCUT2D eigenvalue weighted by atomic mass is 16.5. The van der Waals surface area contributed by atoms with Crippen LogP contribution in [0, 0.1) is 0 Å². The summed E-state index contributed by atoms with van der Waals surface area (Å²) < 4.78 is 7.35. The Kier molecular flexibility index (Phi) is 4.97. The highest BCUT2D eigenvalue weighted by Gasteiger charge is 2.15. The van der Waals surface area contributed by atoms with Gasteiger partial charge in [-0.1, -0.05) is 12.1 Å². The molecule has 0 unspecified atom stereocenters. The van der Waals surface area contributed by atoms with Gasteiger partial charge in [0.25, 0.3) is 5.91 Å². The summed E-state index contributed by atoms with van der Waals surface area (Å²) in [6, 6.07) is 11.3. The Morgan fingerprint density at radius 2 is 2.04 bits per heavy atom. The normalized spacial score (nSPS) is 11.0. The van der Waals surface area contributed by atoms with Crippen molar-refractivity contribution < 1.29 is 9.53 Å². The van der Waals surface area contributed by atoms with Gasteiger partial charge in [-0.05, 0) is 38.1 Å². The third-order valence-corrected chi connectivity index (χ3v) is 4.02. The third kappa shape index (κ3) is 3.47. The summed E-state index contributed by atoms with van der Waals surface area (Å²) in [7, 11) is 1.56. The van der Waals surface area contributed by atoms with E-state index in [0.717, 1.165) is 17.0 Å². The number of methoxy groups -OCH3 is 1. The average molecular weight is 338 g/mol. The van der Waals surface area contributed by atoms with Crippen molar-refractivity contribution in [2.24, 2.45) is 0 Å². The first-order valence-electron chi connectivity index (χ1n) is 8.35. The minimum absolute atomic E-state index is 0.150. The summed E-state index contributed by atoms with van der Waals surface area (Å²) in [4.78, 5) is 21.5. The fourth-order valence-corrected chi connectivity index (χ4v) is 2.91. The Balaban J connectivity index is 1.73. The number of pyridine rings is 1. The summed E-state index contributed by atoms with van der Waals surface area (Å²) >= 11 is 0. The molecule has 2 aromatic heterocycles. The van der Waals surface area contributed by atoms with Crippen LogP contribution in [0.1, 0.15) is 36.1 Å². The standard InChI is InChI=1S/C19H22N4O2/c1-13(2)23-17(22-15-8-6-11-20-18(15)23)10-12-21-19(24)14-7-4-5-9-16(14)25-3/h4-9,11,13H,10,12H2,1-3H3,(H,21,24). The molecule has 0 spiro atoms. The van der Waals surface area contributed by atoms with Gasteiger partial charge in [-0.25, -0.2) is 9.97 Å². The number of imidazole rings is 1. The Bertz CT molecular complexity index is 886. The van der Waals surface area contributed by atoms with Crippen LogP contribution in [0.2, 0.25) is 0 Å². The third-order valence-electron chi connectivity index (χ3n) is 4.02. The molecule has 6 nitrogen and oxygen atoms in total. The number of carbonyl (C=O) groups excluding carboxylic acids is 1. The van der Waals surface area contributed by atoms with Crippen molar-refractivity contribution >= 4 is 17.1 Å². The Hall–Kier alpha value is -2.89. The molecule has 0 saturated heterocycles. The quantitative estimate of drug-likeness (QED) is 0.750. The predicted octanol–water partition coefficient (Wildman–Crippen LogP) is 2.99. The molecular weight excluding hydrogens is 316 g/mol. The Labute approximate surface area is 146 Å². The number of benzene rings is 1. The zero-order chi connectivity index (χ0) is 17.8. The maximum Gasteiger partial charge on any atom is 0.255 e. The van der Waals surface area contributed by atoms with Crippen LogP contribution in [0.3, 0.4) is 0 Å². The van der Waals surface area contributed by atoms with Gasteiger partial charge in [0.1, 0.15) is 17.1 Å². The van der Waals surface area contributed by atoms with E-state index in [1.807, 2.05) is 24.3 Å². The van der Waals surface area contributed by atoms with E-state index in [1.54, 1.807) is 25.4 Å². The predicted molar refractivity (Wildman–Crippen MR) is 96.9 cm³/mol. The van der Waals surface area contributed by atoms with E-state index < -0.39 is 0 Å². The van der Waals surface area contributed by atoms with Gasteiger partial charge < -0.3 is 14.6 Å². The number of amides is 1. The number of rotatable bonds is 6. The summed E-state index contributed by atoms with van der Waals surface area (Å²) in [5.74, 6) is 1.34. The smallest absolute Gasteiger partial charge is 0.255 e. The topological polar surface area (TPSA) is 69.0 Å². The molecule has 1 N–H and O–H groups in total. The van der Waals surface area contributed by atoms with E-state index in [0.29, 0.717) is 24.3 Å². The lowest BCUT2D eigenvalue weighted by Crippen LogP contribution is -2.27. The highest BCUT2D eigenvalue weighted by molar-refractivity contribution is 5.96. The first-order valence-corrected chi connectivity index (χ1v) is 8.35. The molecule has 0 saturated carbocycles. The summed E-state index contributed by atoms with van der Waals surface area (Å²) in [6.45, 7) is 4.70. The van der Waals surface area contributed by atoms with Gasteiger partial charge in [0.2, 0.25) is 0 Å². The van der Waals surface area contributed by atoms with Crippen molar-refractivity contribution in [1.82, 2.24) is 19.9 Å². The van der Waals surface area contributed by atoms with Crippen LogP contribution >= 0.6 is 0 Å². The maximum absolute atomic E-state index is 12.4. The molecule has 0 aliphatic heterocycles. The molecule has 0 aliphatic rings. The van der Waals surface area contributed by atoms with Crippen molar-refractivity contribution in [3.05, 3.63) is 54.0 Å². The lowest BCUT2D eigenvalue weighted by atomic mass is 10.2. The first kappa shape index (κ1) is 17.0. The number of para-hydroxylation sites is 1. The molecule has 2 heterocycles. The number of carbonyl (C=O) groups is 1. The number of fused-ring (bicyclic) bond motifs is 1. The van der Waals surface area contributed by atoms with Crippen LogP contribution in [0.5, 0.6) is 5.75 Å². The van der Waals surface area contributed by atoms with Crippen LogP contribution in [0.25, 0.3) is 11.2 Å². The van der Waals surface area contributed by atoms with Crippen LogP contribution in [-0.4, -0.2) is 34.1 Å². The van der Waals surface area contributed by atoms with Gasteiger partial charge in [-0.3, -0.25) is 4.79 Å². The van der Waals surface area contributed by atoms with Crippen molar-refractivity contribution in [2.75, 3.05) is 13.7 Å². The molecule has 3 aromatic rings. The van der Waals surface area contributed by atoms with Gasteiger partial charge in [0.05, 0.1) is 12.7 Å². The molecule has 0 atom stereocenters. The zero-order valence-electron chi connectivity index (χ0n) is 14.7. The van der Waals surface area contributed by atoms with Crippen LogP contribution in [0.4, 0.5) is 0 Å². The van der Waals surface area contributed by atoms with E-state index in [-0.39, 0.29) is 11.9 Å². The highest BCUT2D eigenvalue weighted by Crippen LogP contribution is 2.19. The summed E-state index contributed by atoms with van der Waals surface area (Å²) in [5.41, 5.74) is 2.29. The molecule has 3 rings (SSSR count). The average Bonchev–Trinajstić information content (AvgIpc) is 3.00. The van der Waals surface area contributed by atoms with E-state index in [4.69, 9.17) is 4.74 Å². The second-order valence-corrected chi connectivity index (χ2v) is 6.04. The van der Waals surface area contributed by atoms with Crippen molar-refractivity contribution in [3.8, 4) is 5.75 Å². The lowest BCUT2D eigenvalue weighted by Gasteiger charge is -2.13. The fourth-order valence-electron chi connectivity index (χ4n) is 2.91. The molecule has 6 heteroatoms. The van der Waals surface area contributed by atoms with Gasteiger partial charge >= 0.3 is 0 Å². The molecule has 0 aliphatic carbocycles. The maximum atomic E-state index is 12.4. The number of aromatic nitrogens is 3. The second kappa shape index (κ2) is 7.34. The monoisotopic (exact) mass is 338 g/mol. The largest absolute Gasteiger partial charge is 0.496 e. The SMILES string of the molecule is COc1ccccc1C(=O)NCCc1nc2cccnc2n1C(C)C. The van der Waals surface area contributed by atoms with Gasteiger partial charge in [-0.15, -0.1) is 0 Å². The van der Waals surface area contributed by atoms with Gasteiger partial charge in [0.15, 0.2) is 5.65 Å². The zero-order valence-corrected chi connectivity index (χ0v) is 14.7. The van der Waals surface area contributed by atoms with E-state index in [1.165, 1.54) is 0 Å². The van der Waals surface area contributed by atoms with Crippen LogP contribution in [0.15, 0.2) is 42.6 Å². The van der Waals surface area contributed by atoms with Crippen molar-refractivity contribution in [2.45, 2.75) is 26.3 Å². The number of nitrogens with zero attached hydrogens (tertiary/aromatic N) is 3. The van der Waals surface area contributed by atoms with E-state index in [2.05, 4.69) is 33.7 Å². The minimum atomic E-state index is -0.150. The van der Waals surface area contributed by atoms with Gasteiger partial charge in [-0.2, -0.15) is 0 Å². The molecule has 130 valence electrons. The number of nitrogens with one attached hydrogen (secondary N) is 1. The Morgan fingerprint density at radius 1 is 1.24 bits per heavy atom. The minimum Gasteiger partial charge on any atom is -0.496 e. The molecule has 1 amide bonds. The number of ether oxygens (including phenoxy) is 1. The van der Waals surface area contributed by atoms with Crippen LogP contribution < -0.4 is 10.1 Å². The fraction of sp³-hybridized carbons (Fsp3) is 0.316. The van der Waals surface area contributed by atoms with Crippen molar-refractivity contribution in [3.63, 3.8) is 0 Å². The first-order chi connectivity index (χ1) is 12.1. The van der Waals surface area contributed by atoms with Gasteiger partial charge in [0, 0.05) is 25.2 Å². The Morgan fingerprint density at radius 3 is 2.80 bits per heavy atom. The molecule has 0 bridgehead atoms. The molecule has 1 aromatic carbocycles. The number of hydrogen-bond acceptors (Lipinski definition) is 4. The number of hydrogen-bond donors (Lipinski definition) is 1. The second-order valence-electron chi connectivity index (χ2n) is 6.04. The molecule has 0 fully saturated rings. The van der Waals surface area contributed by atoms with E-state index in [9.17, 15) is 4.79 Å². The molecule has 0 radical (unpaired) electrons.